The third kappa shape index (κ3) is 3.84. The summed E-state index contributed by atoms with van der Waals surface area (Å²) in [5, 5.41) is 7.74. The molecule has 0 radical (unpaired) electrons. The molecule has 0 bridgehead atoms. The number of nitrogens with zero attached hydrogens (tertiary/aromatic N) is 4. The van der Waals surface area contributed by atoms with Crippen LogP contribution < -0.4 is 10.2 Å². The van der Waals surface area contributed by atoms with Gasteiger partial charge in [0.25, 0.3) is 0 Å². The van der Waals surface area contributed by atoms with Crippen molar-refractivity contribution in [2.45, 2.75) is 45.2 Å². The van der Waals surface area contributed by atoms with Crippen molar-refractivity contribution in [3.63, 3.8) is 0 Å². The van der Waals surface area contributed by atoms with E-state index in [-0.39, 0.29) is 23.9 Å². The summed E-state index contributed by atoms with van der Waals surface area (Å²) in [6.07, 6.45) is 2.59. The Kier molecular flexibility index (Phi) is 5.24. The van der Waals surface area contributed by atoms with E-state index in [2.05, 4.69) is 33.0 Å². The van der Waals surface area contributed by atoms with Gasteiger partial charge < -0.3 is 15.1 Å². The van der Waals surface area contributed by atoms with E-state index in [0.717, 1.165) is 50.3 Å². The highest BCUT2D eigenvalue weighted by molar-refractivity contribution is 5.75. The lowest BCUT2D eigenvalue weighted by atomic mass is 10.0. The molecule has 0 aliphatic carbocycles. The van der Waals surface area contributed by atoms with Crippen LogP contribution in [-0.4, -0.2) is 52.9 Å². The number of hydrogen-bond acceptors (Lipinski definition) is 3. The predicted octanol–water partition coefficient (Wildman–Crippen LogP) is 3.26. The van der Waals surface area contributed by atoms with Crippen LogP contribution in [0.2, 0.25) is 0 Å². The SMILES string of the molecule is Cc1cc(C)n([C@@H]2CCN(C(=O)NC3CCN(c4ccccc4F)CC3)C2)n1. The number of aryl methyl sites for hydroxylation is 2. The quantitative estimate of drug-likeness (QED) is 0.882. The molecule has 2 aliphatic rings. The molecule has 2 amide bonds. The van der Waals surface area contributed by atoms with Crippen molar-refractivity contribution < 1.29 is 9.18 Å². The molecule has 6 nitrogen and oxygen atoms in total. The van der Waals surface area contributed by atoms with Crippen LogP contribution >= 0.6 is 0 Å². The summed E-state index contributed by atoms with van der Waals surface area (Å²) in [4.78, 5) is 16.7. The van der Waals surface area contributed by atoms with Gasteiger partial charge >= 0.3 is 6.03 Å². The molecule has 0 spiro atoms. The van der Waals surface area contributed by atoms with E-state index in [1.165, 1.54) is 6.07 Å². The lowest BCUT2D eigenvalue weighted by Crippen LogP contribution is -2.49. The van der Waals surface area contributed by atoms with Crippen LogP contribution in [0.5, 0.6) is 0 Å². The van der Waals surface area contributed by atoms with Crippen molar-refractivity contribution in [2.24, 2.45) is 0 Å². The number of carbonyl (C=O) groups is 1. The summed E-state index contributed by atoms with van der Waals surface area (Å²) < 4.78 is 16.0. The average molecular weight is 385 g/mol. The zero-order valence-corrected chi connectivity index (χ0v) is 16.6. The minimum Gasteiger partial charge on any atom is -0.369 e. The van der Waals surface area contributed by atoms with E-state index in [0.29, 0.717) is 12.2 Å². The molecule has 1 atom stereocenters. The largest absolute Gasteiger partial charge is 0.369 e. The van der Waals surface area contributed by atoms with Crippen molar-refractivity contribution >= 4 is 11.7 Å². The molecule has 1 aromatic heterocycles. The molecule has 2 fully saturated rings. The van der Waals surface area contributed by atoms with E-state index in [1.807, 2.05) is 24.0 Å². The summed E-state index contributed by atoms with van der Waals surface area (Å²) in [7, 11) is 0. The molecule has 1 N–H and O–H groups in total. The number of anilines is 1. The second-order valence-corrected chi connectivity index (χ2v) is 7.92. The maximum Gasteiger partial charge on any atom is 0.317 e. The summed E-state index contributed by atoms with van der Waals surface area (Å²) in [6, 6.07) is 9.36. The van der Waals surface area contributed by atoms with Crippen molar-refractivity contribution in [1.29, 1.82) is 0 Å². The van der Waals surface area contributed by atoms with Crippen LogP contribution in [0, 0.1) is 19.7 Å². The summed E-state index contributed by atoms with van der Waals surface area (Å²) in [6.45, 7) is 7.01. The van der Waals surface area contributed by atoms with Crippen LogP contribution in [-0.2, 0) is 0 Å². The zero-order chi connectivity index (χ0) is 19.7. The lowest BCUT2D eigenvalue weighted by molar-refractivity contribution is 0.200. The molecule has 2 aromatic rings. The summed E-state index contributed by atoms with van der Waals surface area (Å²) in [5.74, 6) is -0.183. The number of para-hydroxylation sites is 1. The van der Waals surface area contributed by atoms with E-state index in [1.54, 1.807) is 6.07 Å². The maximum atomic E-state index is 14.0. The molecule has 1 aromatic carbocycles. The number of likely N-dealkylation sites (tertiary alicyclic amines) is 1. The monoisotopic (exact) mass is 385 g/mol. The Labute approximate surface area is 165 Å². The van der Waals surface area contributed by atoms with E-state index >= 15 is 0 Å². The Hall–Kier alpha value is -2.57. The fourth-order valence-corrected chi connectivity index (χ4v) is 4.38. The molecule has 2 aliphatic heterocycles. The van der Waals surface area contributed by atoms with Gasteiger partial charge in [0.2, 0.25) is 0 Å². The lowest BCUT2D eigenvalue weighted by Gasteiger charge is -2.34. The first kappa shape index (κ1) is 18.8. The van der Waals surface area contributed by atoms with Crippen molar-refractivity contribution in [2.75, 3.05) is 31.1 Å². The Morgan fingerprint density at radius 2 is 1.89 bits per heavy atom. The second-order valence-electron chi connectivity index (χ2n) is 7.92. The Balaban J connectivity index is 1.28. The van der Waals surface area contributed by atoms with Gasteiger partial charge in [-0.1, -0.05) is 12.1 Å². The van der Waals surface area contributed by atoms with Gasteiger partial charge in [-0.05, 0) is 51.3 Å². The van der Waals surface area contributed by atoms with Gasteiger partial charge in [-0.25, -0.2) is 9.18 Å². The first-order valence-electron chi connectivity index (χ1n) is 10.1. The molecular weight excluding hydrogens is 357 g/mol. The highest BCUT2D eigenvalue weighted by atomic mass is 19.1. The number of amides is 2. The van der Waals surface area contributed by atoms with Gasteiger partial charge in [-0.15, -0.1) is 0 Å². The number of benzene rings is 1. The molecule has 3 heterocycles. The highest BCUT2D eigenvalue weighted by Crippen LogP contribution is 2.25. The van der Waals surface area contributed by atoms with Gasteiger partial charge in [0.05, 0.1) is 17.4 Å². The number of rotatable bonds is 3. The molecular formula is C21H28FN5O. The van der Waals surface area contributed by atoms with Crippen molar-refractivity contribution in [1.82, 2.24) is 20.0 Å². The maximum absolute atomic E-state index is 14.0. The van der Waals surface area contributed by atoms with Crippen LogP contribution in [0.25, 0.3) is 0 Å². The minimum atomic E-state index is -0.183. The second kappa shape index (κ2) is 7.81. The standard InChI is InChI=1S/C21H28FN5O/c1-15-13-16(2)27(24-15)18-9-12-26(14-18)21(28)23-17-7-10-25(11-8-17)20-6-4-3-5-19(20)22/h3-6,13,17-18H,7-12,14H2,1-2H3,(H,23,28)/t18-/m1/s1. The van der Waals surface area contributed by atoms with Gasteiger partial charge in [-0.2, -0.15) is 5.10 Å². The molecule has 0 saturated carbocycles. The van der Waals surface area contributed by atoms with Crippen molar-refractivity contribution in [3.8, 4) is 0 Å². The molecule has 150 valence electrons. The van der Waals surface area contributed by atoms with Crippen LogP contribution in [0.3, 0.4) is 0 Å². The molecule has 0 unspecified atom stereocenters. The highest BCUT2D eigenvalue weighted by Gasteiger charge is 2.30. The van der Waals surface area contributed by atoms with Gasteiger partial charge in [0, 0.05) is 37.9 Å². The van der Waals surface area contributed by atoms with Crippen molar-refractivity contribution in [3.05, 3.63) is 47.5 Å². The third-order valence-corrected chi connectivity index (χ3v) is 5.86. The first-order valence-corrected chi connectivity index (χ1v) is 10.1. The number of hydrogen-bond donors (Lipinski definition) is 1. The fourth-order valence-electron chi connectivity index (χ4n) is 4.38. The molecule has 2 saturated heterocycles. The smallest absolute Gasteiger partial charge is 0.317 e. The molecule has 7 heteroatoms. The normalized spacial score (nSPS) is 20.6. The van der Waals surface area contributed by atoms with Gasteiger partial charge in [-0.3, -0.25) is 4.68 Å². The number of urea groups is 1. The number of nitrogens with one attached hydrogen (secondary N) is 1. The Morgan fingerprint density at radius 3 is 2.57 bits per heavy atom. The third-order valence-electron chi connectivity index (χ3n) is 5.86. The fraction of sp³-hybridized carbons (Fsp3) is 0.524. The van der Waals surface area contributed by atoms with Gasteiger partial charge in [0.1, 0.15) is 5.82 Å². The van der Waals surface area contributed by atoms with E-state index < -0.39 is 0 Å². The number of halogens is 1. The van der Waals surface area contributed by atoms with Crippen LogP contribution in [0.15, 0.2) is 30.3 Å². The number of piperidine rings is 1. The predicted molar refractivity (Wildman–Crippen MR) is 107 cm³/mol. The first-order chi connectivity index (χ1) is 13.5. The van der Waals surface area contributed by atoms with E-state index in [4.69, 9.17) is 0 Å². The van der Waals surface area contributed by atoms with Crippen LogP contribution in [0.1, 0.15) is 36.7 Å². The van der Waals surface area contributed by atoms with E-state index in [9.17, 15) is 9.18 Å². The Morgan fingerprint density at radius 1 is 1.14 bits per heavy atom. The van der Waals surface area contributed by atoms with Gasteiger partial charge in [0.15, 0.2) is 0 Å². The Bertz CT molecular complexity index is 843. The zero-order valence-electron chi connectivity index (χ0n) is 16.6. The van der Waals surface area contributed by atoms with Crippen LogP contribution in [0.4, 0.5) is 14.9 Å². The summed E-state index contributed by atoms with van der Waals surface area (Å²) >= 11 is 0. The molecule has 4 rings (SSSR count). The number of aromatic nitrogens is 2. The summed E-state index contributed by atoms with van der Waals surface area (Å²) in [5.41, 5.74) is 2.81. The number of carbonyl (C=O) groups excluding carboxylic acids is 1. The minimum absolute atomic E-state index is 0.00775. The average Bonchev–Trinajstić information content (AvgIpc) is 3.29. The topological polar surface area (TPSA) is 53.4 Å². The molecule has 28 heavy (non-hydrogen) atoms.